The van der Waals surface area contributed by atoms with E-state index in [4.69, 9.17) is 10.00 Å². The normalized spacial score (nSPS) is 11.3. The molecule has 7 heteroatoms. The largest absolute Gasteiger partial charge is 0.494 e. The summed E-state index contributed by atoms with van der Waals surface area (Å²) < 4.78 is 44.3. The van der Waals surface area contributed by atoms with Gasteiger partial charge < -0.3 is 4.74 Å². The van der Waals surface area contributed by atoms with Crippen LogP contribution in [-0.4, -0.2) is 32.9 Å². The second-order valence-electron chi connectivity index (χ2n) is 5.50. The van der Waals surface area contributed by atoms with E-state index < -0.39 is 10.0 Å². The third kappa shape index (κ3) is 5.55. The highest BCUT2D eigenvalue weighted by Crippen LogP contribution is 2.15. The van der Waals surface area contributed by atoms with E-state index in [-0.39, 0.29) is 18.1 Å². The van der Waals surface area contributed by atoms with Crippen molar-refractivity contribution < 1.29 is 17.5 Å². The zero-order valence-corrected chi connectivity index (χ0v) is 14.7. The lowest BCUT2D eigenvalue weighted by atomic mass is 10.1. The Labute approximate surface area is 147 Å². The van der Waals surface area contributed by atoms with Crippen molar-refractivity contribution >= 4 is 10.0 Å². The lowest BCUT2D eigenvalue weighted by Gasteiger charge is -2.17. The van der Waals surface area contributed by atoms with Crippen molar-refractivity contribution in [3.8, 4) is 11.8 Å². The molecule has 0 bridgehead atoms. The number of ether oxygens (including phenoxy) is 1. The van der Waals surface area contributed by atoms with Crippen LogP contribution in [0.25, 0.3) is 0 Å². The van der Waals surface area contributed by atoms with Crippen LogP contribution in [0.3, 0.4) is 0 Å². The number of hydrogen-bond donors (Lipinski definition) is 0. The third-order valence-electron chi connectivity index (χ3n) is 3.65. The van der Waals surface area contributed by atoms with Gasteiger partial charge >= 0.3 is 0 Å². The van der Waals surface area contributed by atoms with E-state index >= 15 is 0 Å². The summed E-state index contributed by atoms with van der Waals surface area (Å²) in [5.74, 6) is -0.0165. The molecule has 0 N–H and O–H groups in total. The maximum absolute atomic E-state index is 12.8. The molecule has 0 aromatic heterocycles. The molecule has 5 nitrogen and oxygen atoms in total. The van der Waals surface area contributed by atoms with Gasteiger partial charge in [-0.25, -0.2) is 17.1 Å². The number of rotatable bonds is 8. The van der Waals surface area contributed by atoms with Crippen molar-refractivity contribution in [1.82, 2.24) is 4.31 Å². The molecular weight excluding hydrogens is 343 g/mol. The van der Waals surface area contributed by atoms with Crippen LogP contribution in [-0.2, 0) is 15.8 Å². The zero-order valence-electron chi connectivity index (χ0n) is 13.9. The molecule has 2 aromatic carbocycles. The van der Waals surface area contributed by atoms with Crippen LogP contribution < -0.4 is 4.74 Å². The van der Waals surface area contributed by atoms with E-state index in [1.165, 1.54) is 35.6 Å². The second-order valence-corrected chi connectivity index (χ2v) is 7.58. The van der Waals surface area contributed by atoms with Crippen LogP contribution in [0.5, 0.6) is 5.75 Å². The Bertz CT molecular complexity index is 845. The predicted molar refractivity (Wildman–Crippen MR) is 92.9 cm³/mol. The predicted octanol–water partition coefficient (Wildman–Crippen LogP) is 2.93. The minimum Gasteiger partial charge on any atom is -0.494 e. The molecule has 25 heavy (non-hydrogen) atoms. The van der Waals surface area contributed by atoms with Crippen molar-refractivity contribution in [2.24, 2.45) is 0 Å². The fourth-order valence-electron chi connectivity index (χ4n) is 2.21. The number of benzene rings is 2. The van der Waals surface area contributed by atoms with Crippen molar-refractivity contribution in [1.29, 1.82) is 5.26 Å². The van der Waals surface area contributed by atoms with Crippen LogP contribution >= 0.6 is 0 Å². The molecule has 0 unspecified atom stereocenters. The second kappa shape index (κ2) is 8.60. The molecule has 0 aliphatic rings. The summed E-state index contributed by atoms with van der Waals surface area (Å²) in [6.07, 6.45) is 0.493. The van der Waals surface area contributed by atoms with Gasteiger partial charge in [-0.3, -0.25) is 0 Å². The molecule has 0 radical (unpaired) electrons. The molecule has 2 rings (SSSR count). The van der Waals surface area contributed by atoms with Crippen molar-refractivity contribution in [3.63, 3.8) is 0 Å². The summed E-state index contributed by atoms with van der Waals surface area (Å²) in [6, 6.07) is 14.3. The molecule has 0 saturated heterocycles. The number of nitriles is 1. The lowest BCUT2D eigenvalue weighted by Crippen LogP contribution is -2.30. The molecular formula is C18H19FN2O3S. The topological polar surface area (TPSA) is 70.4 Å². The van der Waals surface area contributed by atoms with Gasteiger partial charge in [-0.1, -0.05) is 18.2 Å². The van der Waals surface area contributed by atoms with Gasteiger partial charge in [0.1, 0.15) is 11.6 Å². The number of sulfonamides is 1. The van der Waals surface area contributed by atoms with Crippen LogP contribution in [0, 0.1) is 17.1 Å². The van der Waals surface area contributed by atoms with E-state index in [1.807, 2.05) is 6.07 Å². The first kappa shape index (κ1) is 18.9. The summed E-state index contributed by atoms with van der Waals surface area (Å²) in [5, 5.41) is 9.05. The summed E-state index contributed by atoms with van der Waals surface area (Å²) in [6.45, 7) is 0.610. The van der Waals surface area contributed by atoms with E-state index in [2.05, 4.69) is 0 Å². The summed E-state index contributed by atoms with van der Waals surface area (Å²) in [4.78, 5) is 0. The fourth-order valence-corrected chi connectivity index (χ4v) is 3.48. The van der Waals surface area contributed by atoms with Gasteiger partial charge in [0.25, 0.3) is 0 Å². The smallest absolute Gasteiger partial charge is 0.218 e. The van der Waals surface area contributed by atoms with Gasteiger partial charge in [-0.05, 0) is 42.3 Å². The van der Waals surface area contributed by atoms with E-state index in [9.17, 15) is 12.8 Å². The molecule has 0 saturated carbocycles. The Balaban J connectivity index is 1.85. The monoisotopic (exact) mass is 362 g/mol. The van der Waals surface area contributed by atoms with E-state index in [1.54, 1.807) is 24.3 Å². The van der Waals surface area contributed by atoms with Gasteiger partial charge in [0.15, 0.2) is 0 Å². The van der Waals surface area contributed by atoms with Crippen molar-refractivity contribution in [2.45, 2.75) is 12.2 Å². The van der Waals surface area contributed by atoms with Crippen molar-refractivity contribution in [2.75, 3.05) is 20.2 Å². The molecule has 132 valence electrons. The minimum atomic E-state index is -3.52. The molecule has 0 atom stereocenters. The van der Waals surface area contributed by atoms with E-state index in [0.717, 1.165) is 0 Å². The first-order valence-corrected chi connectivity index (χ1v) is 9.33. The molecule has 0 amide bonds. The number of nitrogens with zero attached hydrogens (tertiary/aromatic N) is 2. The summed E-state index contributed by atoms with van der Waals surface area (Å²) >= 11 is 0. The molecule has 2 aromatic rings. The molecule has 0 heterocycles. The van der Waals surface area contributed by atoms with Crippen LogP contribution in [0.1, 0.15) is 17.5 Å². The highest BCUT2D eigenvalue weighted by Gasteiger charge is 2.19. The minimum absolute atomic E-state index is 0.216. The summed E-state index contributed by atoms with van der Waals surface area (Å²) in [7, 11) is -2.02. The Morgan fingerprint density at radius 3 is 2.52 bits per heavy atom. The highest BCUT2D eigenvalue weighted by atomic mass is 32.2. The third-order valence-corrected chi connectivity index (χ3v) is 5.46. The Hall–Kier alpha value is -2.43. The molecule has 0 fully saturated rings. The first-order chi connectivity index (χ1) is 11.9. The maximum Gasteiger partial charge on any atom is 0.218 e. The van der Waals surface area contributed by atoms with Crippen LogP contribution in [0.2, 0.25) is 0 Å². The Morgan fingerprint density at radius 1 is 1.16 bits per heavy atom. The fraction of sp³-hybridized carbons (Fsp3) is 0.278. The van der Waals surface area contributed by atoms with Crippen molar-refractivity contribution in [3.05, 3.63) is 65.5 Å². The SMILES string of the molecule is CN(CCCOc1ccc(F)cc1)S(=O)(=O)Cc1ccccc1C#N. The zero-order chi connectivity index (χ0) is 18.3. The number of halogens is 1. The lowest BCUT2D eigenvalue weighted by molar-refractivity contribution is 0.296. The quantitative estimate of drug-likeness (QED) is 0.677. The van der Waals surface area contributed by atoms with E-state index in [0.29, 0.717) is 29.9 Å². The average molecular weight is 362 g/mol. The summed E-state index contributed by atoms with van der Waals surface area (Å²) in [5.41, 5.74) is 0.846. The Morgan fingerprint density at radius 2 is 1.84 bits per heavy atom. The van der Waals surface area contributed by atoms with Gasteiger partial charge in [-0.2, -0.15) is 5.26 Å². The standard InChI is InChI=1S/C18H19FN2O3S/c1-21(11-4-12-24-18-9-7-17(19)8-10-18)25(22,23)14-16-6-3-2-5-15(16)13-20/h2-3,5-10H,4,11-12,14H2,1H3. The Kier molecular flexibility index (Phi) is 6.51. The first-order valence-electron chi connectivity index (χ1n) is 7.73. The number of hydrogen-bond acceptors (Lipinski definition) is 4. The highest BCUT2D eigenvalue weighted by molar-refractivity contribution is 7.88. The maximum atomic E-state index is 12.8. The van der Waals surface area contributed by atoms with Gasteiger partial charge in [-0.15, -0.1) is 0 Å². The molecule has 0 spiro atoms. The molecule has 0 aliphatic heterocycles. The average Bonchev–Trinajstić information content (AvgIpc) is 2.60. The van der Waals surface area contributed by atoms with Crippen LogP contribution in [0.15, 0.2) is 48.5 Å². The molecule has 0 aliphatic carbocycles. The van der Waals surface area contributed by atoms with Gasteiger partial charge in [0, 0.05) is 13.6 Å². The van der Waals surface area contributed by atoms with Crippen LogP contribution in [0.4, 0.5) is 4.39 Å². The van der Waals surface area contributed by atoms with Gasteiger partial charge in [0.05, 0.1) is 24.0 Å². The van der Waals surface area contributed by atoms with Gasteiger partial charge in [0.2, 0.25) is 10.0 Å².